The Morgan fingerprint density at radius 3 is 2.67 bits per heavy atom. The van der Waals surface area contributed by atoms with Gasteiger partial charge in [0.05, 0.1) is 0 Å². The van der Waals surface area contributed by atoms with Crippen LogP contribution in [0, 0.1) is 0 Å². The van der Waals surface area contributed by atoms with Gasteiger partial charge >= 0.3 is 0 Å². The summed E-state index contributed by atoms with van der Waals surface area (Å²) in [6.45, 7) is 0.740. The summed E-state index contributed by atoms with van der Waals surface area (Å²) in [6, 6.07) is 0. The number of allylic oxidation sites excluding steroid dienone is 1. The van der Waals surface area contributed by atoms with Gasteiger partial charge in [0.1, 0.15) is 6.67 Å². The fourth-order valence-electron chi connectivity index (χ4n) is 0.636. The van der Waals surface area contributed by atoms with Crippen LogP contribution in [0.5, 0.6) is 0 Å². The Labute approximate surface area is 55.3 Å². The van der Waals surface area contributed by atoms with Crippen LogP contribution in [0.2, 0.25) is 0 Å². The first kappa shape index (κ1) is 6.29. The largest absolute Gasteiger partial charge is 0.292 e. The lowest BCUT2D eigenvalue weighted by Gasteiger charge is -2.26. The number of nitrogens with zero attached hydrogens (tertiary/aromatic N) is 3. The second-order valence-electron chi connectivity index (χ2n) is 2.10. The topological polar surface area (TPSA) is 18.8 Å². The molecule has 0 aromatic rings. The van der Waals surface area contributed by atoms with Crippen LogP contribution in [0.1, 0.15) is 0 Å². The molecule has 1 heterocycles. The quantitative estimate of drug-likeness (QED) is 0.502. The number of aliphatic imine (C=N–C) groups is 1. The maximum Gasteiger partial charge on any atom is 0.124 e. The third-order valence-corrected chi connectivity index (χ3v) is 1.19. The highest BCUT2D eigenvalue weighted by Crippen LogP contribution is 1.95. The molecule has 9 heavy (non-hydrogen) atoms. The maximum atomic E-state index is 4.05. The molecule has 50 valence electrons. The molecule has 0 aromatic carbocycles. The molecule has 0 bridgehead atoms. The molecule has 0 radical (unpaired) electrons. The van der Waals surface area contributed by atoms with E-state index in [0.29, 0.717) is 0 Å². The van der Waals surface area contributed by atoms with E-state index in [0.717, 1.165) is 6.67 Å². The van der Waals surface area contributed by atoms with Crippen LogP contribution in [0.25, 0.3) is 0 Å². The lowest BCUT2D eigenvalue weighted by Crippen LogP contribution is -2.33. The van der Waals surface area contributed by atoms with Gasteiger partial charge in [-0.2, -0.15) is 0 Å². The molecule has 3 nitrogen and oxygen atoms in total. The van der Waals surface area contributed by atoms with Gasteiger partial charge in [0.15, 0.2) is 0 Å². The predicted octanol–water partition coefficient (Wildman–Crippen LogP) is 0.321. The SMILES string of the molecule is CN(C)N1C=CC=NC1. The van der Waals surface area contributed by atoms with Crippen LogP contribution >= 0.6 is 0 Å². The smallest absolute Gasteiger partial charge is 0.124 e. The molecule has 0 amide bonds. The Bertz CT molecular complexity index is 137. The molecule has 0 unspecified atom stereocenters. The van der Waals surface area contributed by atoms with E-state index in [2.05, 4.69) is 4.99 Å². The molecule has 0 aromatic heterocycles. The van der Waals surface area contributed by atoms with Gasteiger partial charge in [0.25, 0.3) is 0 Å². The van der Waals surface area contributed by atoms with Crippen molar-refractivity contribution in [3.8, 4) is 0 Å². The maximum absolute atomic E-state index is 4.05. The summed E-state index contributed by atoms with van der Waals surface area (Å²) in [7, 11) is 3.98. The standard InChI is InChI=1S/C6H11N3/c1-8(2)9-5-3-4-7-6-9/h3-5H,6H2,1-2H3. The van der Waals surface area contributed by atoms with Crippen molar-refractivity contribution in [2.24, 2.45) is 4.99 Å². The highest BCUT2D eigenvalue weighted by Gasteiger charge is 1.99. The fourth-order valence-corrected chi connectivity index (χ4v) is 0.636. The average molecular weight is 125 g/mol. The zero-order valence-corrected chi connectivity index (χ0v) is 5.78. The zero-order valence-electron chi connectivity index (χ0n) is 5.78. The van der Waals surface area contributed by atoms with E-state index in [1.54, 1.807) is 6.21 Å². The van der Waals surface area contributed by atoms with E-state index in [9.17, 15) is 0 Å². The van der Waals surface area contributed by atoms with Crippen molar-refractivity contribution in [1.82, 2.24) is 10.0 Å². The average Bonchev–Trinajstić information content (AvgIpc) is 1.90. The zero-order chi connectivity index (χ0) is 6.69. The molecule has 0 fully saturated rings. The lowest BCUT2D eigenvalue weighted by molar-refractivity contribution is 0.0855. The van der Waals surface area contributed by atoms with Gasteiger partial charge in [0, 0.05) is 26.5 Å². The normalized spacial score (nSPS) is 17.4. The van der Waals surface area contributed by atoms with Gasteiger partial charge in [-0.05, 0) is 6.08 Å². The molecule has 0 aliphatic carbocycles. The molecule has 0 spiro atoms. The Morgan fingerprint density at radius 1 is 1.56 bits per heavy atom. The third-order valence-electron chi connectivity index (χ3n) is 1.19. The monoisotopic (exact) mass is 125 g/mol. The molecule has 1 aliphatic heterocycles. The van der Waals surface area contributed by atoms with Crippen LogP contribution in [-0.2, 0) is 0 Å². The minimum absolute atomic E-state index is 0.740. The second kappa shape index (κ2) is 2.64. The number of hydrogen-bond acceptors (Lipinski definition) is 3. The van der Waals surface area contributed by atoms with E-state index in [4.69, 9.17) is 0 Å². The van der Waals surface area contributed by atoms with Gasteiger partial charge in [0.2, 0.25) is 0 Å². The third kappa shape index (κ3) is 1.54. The number of rotatable bonds is 1. The minimum Gasteiger partial charge on any atom is -0.292 e. The van der Waals surface area contributed by atoms with Gasteiger partial charge in [-0.15, -0.1) is 0 Å². The fraction of sp³-hybridized carbons (Fsp3) is 0.500. The predicted molar refractivity (Wildman–Crippen MR) is 38.0 cm³/mol. The Morgan fingerprint density at radius 2 is 2.33 bits per heavy atom. The van der Waals surface area contributed by atoms with Crippen molar-refractivity contribution in [2.45, 2.75) is 0 Å². The first-order valence-electron chi connectivity index (χ1n) is 2.91. The summed E-state index contributed by atoms with van der Waals surface area (Å²) in [5.41, 5.74) is 0. The molecule has 1 aliphatic rings. The van der Waals surface area contributed by atoms with Crippen molar-refractivity contribution in [2.75, 3.05) is 20.8 Å². The summed E-state index contributed by atoms with van der Waals surface area (Å²) in [5.74, 6) is 0. The first-order valence-corrected chi connectivity index (χ1v) is 2.91. The van der Waals surface area contributed by atoms with Crippen LogP contribution < -0.4 is 0 Å². The second-order valence-corrected chi connectivity index (χ2v) is 2.10. The van der Waals surface area contributed by atoms with Gasteiger partial charge in [-0.25, -0.2) is 5.01 Å². The molecule has 0 N–H and O–H groups in total. The lowest BCUT2D eigenvalue weighted by atomic mass is 10.6. The van der Waals surface area contributed by atoms with Gasteiger partial charge in [-0.3, -0.25) is 10.0 Å². The van der Waals surface area contributed by atoms with Crippen molar-refractivity contribution in [3.63, 3.8) is 0 Å². The molecular weight excluding hydrogens is 114 g/mol. The summed E-state index contributed by atoms with van der Waals surface area (Å²) in [6.07, 6.45) is 5.72. The van der Waals surface area contributed by atoms with Gasteiger partial charge < -0.3 is 0 Å². The summed E-state index contributed by atoms with van der Waals surface area (Å²) in [5, 5.41) is 4.01. The highest BCUT2D eigenvalue weighted by molar-refractivity contribution is 5.71. The van der Waals surface area contributed by atoms with Crippen molar-refractivity contribution < 1.29 is 0 Å². The van der Waals surface area contributed by atoms with E-state index >= 15 is 0 Å². The molecule has 1 rings (SSSR count). The van der Waals surface area contributed by atoms with E-state index in [1.807, 2.05) is 36.4 Å². The molecule has 3 heteroatoms. The minimum atomic E-state index is 0.740. The molecule has 0 atom stereocenters. The van der Waals surface area contributed by atoms with Gasteiger partial charge in [-0.1, -0.05) is 0 Å². The van der Waals surface area contributed by atoms with Crippen LogP contribution in [0.3, 0.4) is 0 Å². The van der Waals surface area contributed by atoms with Crippen molar-refractivity contribution >= 4 is 6.21 Å². The number of hydrazine groups is 1. The van der Waals surface area contributed by atoms with Crippen LogP contribution in [0.4, 0.5) is 0 Å². The summed E-state index contributed by atoms with van der Waals surface area (Å²) < 4.78 is 0. The van der Waals surface area contributed by atoms with Crippen molar-refractivity contribution in [3.05, 3.63) is 12.3 Å². The van der Waals surface area contributed by atoms with Crippen LogP contribution in [0.15, 0.2) is 17.3 Å². The Kier molecular flexibility index (Phi) is 1.85. The highest BCUT2D eigenvalue weighted by atomic mass is 15.6. The Balaban J connectivity index is 2.46. The van der Waals surface area contributed by atoms with E-state index in [1.165, 1.54) is 0 Å². The molecule has 0 saturated heterocycles. The van der Waals surface area contributed by atoms with E-state index < -0.39 is 0 Å². The summed E-state index contributed by atoms with van der Waals surface area (Å²) >= 11 is 0. The molecule has 0 saturated carbocycles. The molecular formula is C6H11N3. The van der Waals surface area contributed by atoms with Crippen LogP contribution in [-0.4, -0.2) is 37.0 Å². The summed E-state index contributed by atoms with van der Waals surface area (Å²) in [4.78, 5) is 4.05. The van der Waals surface area contributed by atoms with Crippen molar-refractivity contribution in [1.29, 1.82) is 0 Å². The van der Waals surface area contributed by atoms with E-state index in [-0.39, 0.29) is 0 Å². The first-order chi connectivity index (χ1) is 4.30. The Hall–Kier alpha value is -0.830. The number of hydrogen-bond donors (Lipinski definition) is 0.